The second-order valence-electron chi connectivity index (χ2n) is 21.3. The van der Waals surface area contributed by atoms with E-state index in [9.17, 15) is 14.4 Å². The number of ether oxygens (including phenoxy) is 3. The molecule has 0 aliphatic heterocycles. The van der Waals surface area contributed by atoms with Crippen molar-refractivity contribution in [3.8, 4) is 0 Å². The zero-order valence-electron chi connectivity index (χ0n) is 50.0. The highest BCUT2D eigenvalue weighted by molar-refractivity contribution is 5.71. The molecule has 6 nitrogen and oxygen atoms in total. The lowest BCUT2D eigenvalue weighted by atomic mass is 10.0. The number of hydrogen-bond acceptors (Lipinski definition) is 6. The first-order valence-electron chi connectivity index (χ1n) is 32.2. The average molecular weight is 1060 g/mol. The van der Waals surface area contributed by atoms with Crippen LogP contribution in [0.5, 0.6) is 0 Å². The van der Waals surface area contributed by atoms with E-state index in [2.05, 4.69) is 118 Å². The molecule has 6 heteroatoms. The fraction of sp³-hybridized carbons (Fsp3) is 0.729. The minimum atomic E-state index is -0.783. The van der Waals surface area contributed by atoms with Gasteiger partial charge in [-0.25, -0.2) is 0 Å². The zero-order chi connectivity index (χ0) is 55.0. The Morgan fingerprint density at radius 2 is 0.513 bits per heavy atom. The van der Waals surface area contributed by atoms with Crippen LogP contribution in [0.15, 0.2) is 97.2 Å². The Kier molecular flexibility index (Phi) is 60.8. The minimum Gasteiger partial charge on any atom is -0.462 e. The number of unbranched alkanes of at least 4 members (excludes halogenated alkanes) is 31. The predicted molar refractivity (Wildman–Crippen MR) is 330 cm³/mol. The molecule has 0 bridgehead atoms. The number of carbonyl (C=O) groups excluding carboxylic acids is 3. The van der Waals surface area contributed by atoms with Gasteiger partial charge in [0.15, 0.2) is 6.10 Å². The molecular weight excluding hydrogens is 937 g/mol. The largest absolute Gasteiger partial charge is 0.462 e. The average Bonchev–Trinajstić information content (AvgIpc) is 3.42. The van der Waals surface area contributed by atoms with E-state index in [-0.39, 0.29) is 31.1 Å². The van der Waals surface area contributed by atoms with Gasteiger partial charge in [-0.2, -0.15) is 0 Å². The summed E-state index contributed by atoms with van der Waals surface area (Å²) in [6.07, 6.45) is 85.6. The van der Waals surface area contributed by atoms with Gasteiger partial charge in [0.25, 0.3) is 0 Å². The lowest BCUT2D eigenvalue weighted by Gasteiger charge is -2.18. The molecule has 0 saturated heterocycles. The molecule has 0 radical (unpaired) electrons. The van der Waals surface area contributed by atoms with Gasteiger partial charge in [-0.1, -0.05) is 285 Å². The molecule has 0 spiro atoms. The second-order valence-corrected chi connectivity index (χ2v) is 21.3. The van der Waals surface area contributed by atoms with Crippen LogP contribution in [-0.2, 0) is 28.6 Å². The molecule has 0 aromatic carbocycles. The molecule has 1 atom stereocenters. The van der Waals surface area contributed by atoms with Gasteiger partial charge in [0.05, 0.1) is 0 Å². The first-order valence-corrected chi connectivity index (χ1v) is 32.2. The van der Waals surface area contributed by atoms with Crippen LogP contribution >= 0.6 is 0 Å². The van der Waals surface area contributed by atoms with E-state index in [0.29, 0.717) is 19.3 Å². The molecule has 0 aliphatic rings. The Labute approximate surface area is 470 Å². The van der Waals surface area contributed by atoms with Gasteiger partial charge in [-0.15, -0.1) is 0 Å². The van der Waals surface area contributed by atoms with E-state index in [0.717, 1.165) is 122 Å². The van der Waals surface area contributed by atoms with Crippen LogP contribution in [-0.4, -0.2) is 37.2 Å². The van der Waals surface area contributed by atoms with Crippen LogP contribution in [0.25, 0.3) is 0 Å². The van der Waals surface area contributed by atoms with Crippen LogP contribution in [0, 0.1) is 0 Å². The first kappa shape index (κ1) is 72.3. The topological polar surface area (TPSA) is 78.9 Å². The minimum absolute atomic E-state index is 0.0791. The van der Waals surface area contributed by atoms with E-state index in [4.69, 9.17) is 14.2 Å². The Hall–Kier alpha value is -3.67. The van der Waals surface area contributed by atoms with Gasteiger partial charge in [-0.3, -0.25) is 14.4 Å². The highest BCUT2D eigenvalue weighted by atomic mass is 16.6. The normalized spacial score (nSPS) is 12.7. The summed E-state index contributed by atoms with van der Waals surface area (Å²) in [6, 6.07) is 0. The molecule has 0 aromatic heterocycles. The standard InChI is InChI=1S/C70H120O6/c1-4-7-10-13-16-19-22-25-27-28-29-30-31-32-33-34-35-36-37-38-39-40-41-42-44-45-48-51-54-57-60-63-69(72)75-66-67(65-74-68(71)62-59-56-53-50-47-24-21-18-15-12-9-6-3)76-70(73)64-61-58-55-52-49-46-43-26-23-20-17-14-11-8-5-2/h7,10,16,19,25-27,29-30,32-33,35-36,38-39,43,67H,4-6,8-9,11-15,17-18,20-24,28,31,34,37,40-42,44-66H2,1-3H3/b10-7-,19-16-,27-25-,30-29-,33-32-,36-35-,39-38-,43-26-. The molecule has 0 rings (SSSR count). The van der Waals surface area contributed by atoms with E-state index in [1.165, 1.54) is 148 Å². The molecule has 76 heavy (non-hydrogen) atoms. The quantitative estimate of drug-likeness (QED) is 0.0261. The fourth-order valence-corrected chi connectivity index (χ4v) is 9.01. The van der Waals surface area contributed by atoms with Crippen molar-refractivity contribution in [2.24, 2.45) is 0 Å². The Balaban J connectivity index is 4.25. The van der Waals surface area contributed by atoms with Crippen molar-refractivity contribution >= 4 is 17.9 Å². The maximum Gasteiger partial charge on any atom is 0.306 e. The summed E-state index contributed by atoms with van der Waals surface area (Å²) in [5, 5.41) is 0. The Morgan fingerprint density at radius 1 is 0.276 bits per heavy atom. The predicted octanol–water partition coefficient (Wildman–Crippen LogP) is 22.0. The van der Waals surface area contributed by atoms with E-state index >= 15 is 0 Å². The fourth-order valence-electron chi connectivity index (χ4n) is 9.01. The maximum absolute atomic E-state index is 12.9. The zero-order valence-corrected chi connectivity index (χ0v) is 50.0. The lowest BCUT2D eigenvalue weighted by Crippen LogP contribution is -2.30. The van der Waals surface area contributed by atoms with Crippen LogP contribution < -0.4 is 0 Å². The highest BCUT2D eigenvalue weighted by Gasteiger charge is 2.19. The second kappa shape index (κ2) is 63.9. The number of allylic oxidation sites excluding steroid dienone is 16. The third kappa shape index (κ3) is 61.2. The molecule has 0 aliphatic carbocycles. The van der Waals surface area contributed by atoms with Crippen LogP contribution in [0.4, 0.5) is 0 Å². The van der Waals surface area contributed by atoms with Crippen LogP contribution in [0.1, 0.15) is 310 Å². The van der Waals surface area contributed by atoms with Crippen molar-refractivity contribution in [3.63, 3.8) is 0 Å². The number of esters is 3. The third-order valence-corrected chi connectivity index (χ3v) is 13.8. The van der Waals surface area contributed by atoms with Crippen molar-refractivity contribution in [1.29, 1.82) is 0 Å². The summed E-state index contributed by atoms with van der Waals surface area (Å²) in [4.78, 5) is 38.2. The van der Waals surface area contributed by atoms with Gasteiger partial charge in [-0.05, 0) is 103 Å². The van der Waals surface area contributed by atoms with Crippen molar-refractivity contribution in [1.82, 2.24) is 0 Å². The lowest BCUT2D eigenvalue weighted by molar-refractivity contribution is -0.167. The molecule has 0 heterocycles. The van der Waals surface area contributed by atoms with Crippen molar-refractivity contribution in [2.75, 3.05) is 13.2 Å². The van der Waals surface area contributed by atoms with Gasteiger partial charge in [0, 0.05) is 19.3 Å². The van der Waals surface area contributed by atoms with E-state index < -0.39 is 6.10 Å². The van der Waals surface area contributed by atoms with Gasteiger partial charge in [0.2, 0.25) is 0 Å². The smallest absolute Gasteiger partial charge is 0.306 e. The Bertz CT molecular complexity index is 1490. The molecule has 0 amide bonds. The molecular formula is C70H120O6. The molecule has 0 N–H and O–H groups in total. The Morgan fingerprint density at radius 3 is 0.816 bits per heavy atom. The monoisotopic (exact) mass is 1060 g/mol. The van der Waals surface area contributed by atoms with Crippen LogP contribution in [0.2, 0.25) is 0 Å². The first-order chi connectivity index (χ1) is 37.5. The number of rotatable bonds is 58. The van der Waals surface area contributed by atoms with Gasteiger partial charge < -0.3 is 14.2 Å². The molecule has 0 saturated carbocycles. The van der Waals surface area contributed by atoms with Crippen LogP contribution in [0.3, 0.4) is 0 Å². The van der Waals surface area contributed by atoms with Gasteiger partial charge in [0.1, 0.15) is 13.2 Å². The molecule has 0 fully saturated rings. The molecule has 436 valence electrons. The SMILES string of the molecule is CC/C=C\C/C=C\C/C=C\C/C=C\C/C=C\C/C=C\C/C=C\CCCCCCCCCCCC(=O)OCC(COC(=O)CCCCCCCCCCCCCC)OC(=O)CCCCCCC/C=C\CCCCCCCC. The third-order valence-electron chi connectivity index (χ3n) is 13.8. The van der Waals surface area contributed by atoms with Crippen molar-refractivity contribution in [3.05, 3.63) is 97.2 Å². The summed E-state index contributed by atoms with van der Waals surface area (Å²) < 4.78 is 16.9. The summed E-state index contributed by atoms with van der Waals surface area (Å²) in [6.45, 7) is 6.53. The summed E-state index contributed by atoms with van der Waals surface area (Å²) >= 11 is 0. The van der Waals surface area contributed by atoms with E-state index in [1.807, 2.05) is 0 Å². The van der Waals surface area contributed by atoms with E-state index in [1.54, 1.807) is 0 Å². The number of carbonyl (C=O) groups is 3. The van der Waals surface area contributed by atoms with Crippen molar-refractivity contribution < 1.29 is 28.6 Å². The summed E-state index contributed by atoms with van der Waals surface area (Å²) in [7, 11) is 0. The summed E-state index contributed by atoms with van der Waals surface area (Å²) in [5.74, 6) is -0.884. The molecule has 0 aromatic rings. The van der Waals surface area contributed by atoms with Crippen molar-refractivity contribution in [2.45, 2.75) is 316 Å². The highest BCUT2D eigenvalue weighted by Crippen LogP contribution is 2.16. The van der Waals surface area contributed by atoms with Gasteiger partial charge >= 0.3 is 17.9 Å². The maximum atomic E-state index is 12.9. The number of hydrogen-bond donors (Lipinski definition) is 0. The molecule has 1 unspecified atom stereocenters. The summed E-state index contributed by atoms with van der Waals surface area (Å²) in [5.41, 5.74) is 0.